The Morgan fingerprint density at radius 1 is 1.22 bits per heavy atom. The van der Waals surface area contributed by atoms with Crippen molar-refractivity contribution in [3.63, 3.8) is 0 Å². The van der Waals surface area contributed by atoms with E-state index in [1.807, 2.05) is 0 Å². The monoisotopic (exact) mass is 386 g/mol. The van der Waals surface area contributed by atoms with Crippen molar-refractivity contribution in [1.29, 1.82) is 0 Å². The second-order valence-electron chi connectivity index (χ2n) is 3.03. The summed E-state index contributed by atoms with van der Waals surface area (Å²) in [5, 5.41) is 0.427. The number of ether oxygens (including phenoxy) is 1. The fourth-order valence-electron chi connectivity index (χ4n) is 0.944. The molecule has 100 valence electrons. The van der Waals surface area contributed by atoms with Gasteiger partial charge in [0.1, 0.15) is 0 Å². The van der Waals surface area contributed by atoms with Gasteiger partial charge in [0.2, 0.25) is 5.56 Å². The number of alkyl halides is 3. The molecular weight excluding hydrogens is 385 g/mol. The fourth-order valence-corrected chi connectivity index (χ4v) is 2.05. The number of halogens is 6. The number of rotatable bonds is 3. The fraction of sp³-hybridized carbons (Fsp3) is 0.222. The van der Waals surface area contributed by atoms with Crippen LogP contribution < -0.4 is 0 Å². The molecular formula is C9H4Cl6O2S. The number of benzene rings is 1. The molecule has 0 aromatic heterocycles. The Kier molecular flexibility index (Phi) is 6.07. The molecule has 1 atom stereocenters. The number of hydrogen-bond donors (Lipinski definition) is 1. The van der Waals surface area contributed by atoms with Gasteiger partial charge in [0.25, 0.3) is 3.67 Å². The average Bonchev–Trinajstić information content (AvgIpc) is 2.24. The van der Waals surface area contributed by atoms with Crippen LogP contribution in [-0.4, -0.2) is 9.63 Å². The lowest BCUT2D eigenvalue weighted by atomic mass is 10.2. The Bertz CT molecular complexity index is 473. The molecule has 0 spiro atoms. The molecule has 0 fully saturated rings. The zero-order chi connectivity index (χ0) is 14.1. The minimum Gasteiger partial charge on any atom is -0.438 e. The maximum Gasteiger partial charge on any atom is 0.354 e. The number of carbonyl (C=O) groups is 1. The Morgan fingerprint density at radius 3 is 2.28 bits per heavy atom. The van der Waals surface area contributed by atoms with E-state index in [1.54, 1.807) is 0 Å². The summed E-state index contributed by atoms with van der Waals surface area (Å²) in [4.78, 5) is 11.4. The number of carbonyl (C=O) groups excluding carboxylic acids is 1. The van der Waals surface area contributed by atoms with Crippen molar-refractivity contribution in [1.82, 2.24) is 0 Å². The Labute approximate surface area is 139 Å². The largest absolute Gasteiger partial charge is 0.438 e. The third-order valence-corrected chi connectivity index (χ3v) is 3.89. The summed E-state index contributed by atoms with van der Waals surface area (Å²) in [5.74, 6) is -1.03. The number of hydrogen-bond acceptors (Lipinski definition) is 3. The molecule has 1 rings (SSSR count). The van der Waals surface area contributed by atoms with Gasteiger partial charge in [0.05, 0.1) is 15.1 Å². The molecule has 1 aromatic carbocycles. The lowest BCUT2D eigenvalue weighted by molar-refractivity contribution is -0.144. The molecule has 0 saturated heterocycles. The highest BCUT2D eigenvalue weighted by Gasteiger charge is 2.33. The predicted octanol–water partition coefficient (Wildman–Crippen LogP) is 5.49. The Balaban J connectivity index is 2.96. The molecule has 0 saturated carbocycles. The maximum atomic E-state index is 11.4. The molecule has 18 heavy (non-hydrogen) atoms. The summed E-state index contributed by atoms with van der Waals surface area (Å²) >= 11 is 37.8. The summed E-state index contributed by atoms with van der Waals surface area (Å²) in [6.45, 7) is 0. The van der Waals surface area contributed by atoms with E-state index in [9.17, 15) is 4.79 Å². The highest BCUT2D eigenvalue weighted by atomic mass is 35.5. The molecule has 1 aromatic rings. The minimum atomic E-state index is -2.00. The van der Waals surface area contributed by atoms with Gasteiger partial charge in [-0.15, -0.1) is 12.6 Å². The number of thiol groups is 1. The molecule has 9 heteroatoms. The molecule has 0 aliphatic carbocycles. The van der Waals surface area contributed by atoms with Crippen LogP contribution in [0, 0.1) is 0 Å². The molecule has 0 aliphatic heterocycles. The smallest absolute Gasteiger partial charge is 0.354 e. The van der Waals surface area contributed by atoms with Crippen LogP contribution >= 0.6 is 82.2 Å². The third-order valence-electron chi connectivity index (χ3n) is 1.77. The Hall–Kier alpha value is 0.780. The van der Waals surface area contributed by atoms with E-state index < -0.39 is 15.2 Å². The van der Waals surface area contributed by atoms with Crippen molar-refractivity contribution in [2.24, 2.45) is 0 Å². The van der Waals surface area contributed by atoms with Gasteiger partial charge in [-0.05, 0) is 6.07 Å². The summed E-state index contributed by atoms with van der Waals surface area (Å²) in [5.41, 5.74) is -0.962. The molecule has 2 nitrogen and oxygen atoms in total. The summed E-state index contributed by atoms with van der Waals surface area (Å²) < 4.78 is 2.77. The third kappa shape index (κ3) is 4.14. The molecule has 0 radical (unpaired) electrons. The maximum absolute atomic E-state index is 11.4. The topological polar surface area (TPSA) is 26.3 Å². The molecule has 0 bridgehead atoms. The second-order valence-corrected chi connectivity index (χ2v) is 7.11. The van der Waals surface area contributed by atoms with E-state index in [1.165, 1.54) is 12.1 Å². The van der Waals surface area contributed by atoms with Gasteiger partial charge in [-0.25, -0.2) is 4.79 Å². The standard InChI is InChI=1S/C9H4Cl6O2S/c10-4-2-1-3(5(11)6(4)12)7(13)17-8(16)9(14,15)18/h1-2,7,18H. The van der Waals surface area contributed by atoms with Gasteiger partial charge in [-0.2, -0.15) is 0 Å². The van der Waals surface area contributed by atoms with E-state index in [4.69, 9.17) is 74.3 Å². The molecule has 0 aliphatic rings. The van der Waals surface area contributed by atoms with Crippen LogP contribution in [0.2, 0.25) is 15.1 Å². The molecule has 0 heterocycles. The van der Waals surface area contributed by atoms with Gasteiger partial charge >= 0.3 is 5.97 Å². The van der Waals surface area contributed by atoms with Gasteiger partial charge in [0, 0.05) is 5.56 Å². The minimum absolute atomic E-state index is 0.0749. The summed E-state index contributed by atoms with van der Waals surface area (Å²) in [6.07, 6.45) is 0. The van der Waals surface area contributed by atoms with E-state index in [2.05, 4.69) is 12.6 Å². The van der Waals surface area contributed by atoms with Crippen LogP contribution in [0.1, 0.15) is 11.1 Å². The molecule has 1 unspecified atom stereocenters. The SMILES string of the molecule is O=C(OC(Cl)c1ccc(Cl)c(Cl)c1Cl)C(S)(Cl)Cl. The van der Waals surface area contributed by atoms with Gasteiger partial charge in [0.15, 0.2) is 0 Å². The zero-order valence-corrected chi connectivity index (χ0v) is 13.7. The van der Waals surface area contributed by atoms with Crippen LogP contribution in [0.5, 0.6) is 0 Å². The molecule has 0 N–H and O–H groups in total. The first-order valence-electron chi connectivity index (χ1n) is 4.23. The lowest BCUT2D eigenvalue weighted by Gasteiger charge is -2.17. The first-order chi connectivity index (χ1) is 8.14. The first kappa shape index (κ1) is 16.8. The van der Waals surface area contributed by atoms with Crippen molar-refractivity contribution >= 4 is 88.2 Å². The van der Waals surface area contributed by atoms with Crippen LogP contribution in [0.15, 0.2) is 12.1 Å². The van der Waals surface area contributed by atoms with Crippen molar-refractivity contribution in [3.05, 3.63) is 32.8 Å². The van der Waals surface area contributed by atoms with Crippen molar-refractivity contribution in [3.8, 4) is 0 Å². The predicted molar refractivity (Wildman–Crippen MR) is 79.6 cm³/mol. The first-order valence-corrected chi connectivity index (χ1v) is 7.00. The van der Waals surface area contributed by atoms with Gasteiger partial charge < -0.3 is 4.74 Å². The lowest BCUT2D eigenvalue weighted by Crippen LogP contribution is -2.23. The van der Waals surface area contributed by atoms with E-state index >= 15 is 0 Å². The van der Waals surface area contributed by atoms with Crippen molar-refractivity contribution in [2.75, 3.05) is 0 Å². The van der Waals surface area contributed by atoms with Crippen LogP contribution in [0.25, 0.3) is 0 Å². The normalized spacial score (nSPS) is 13.3. The zero-order valence-electron chi connectivity index (χ0n) is 8.26. The Morgan fingerprint density at radius 2 is 1.78 bits per heavy atom. The van der Waals surface area contributed by atoms with E-state index in [0.717, 1.165) is 0 Å². The highest BCUT2D eigenvalue weighted by Crippen LogP contribution is 2.39. The summed E-state index contributed by atoms with van der Waals surface area (Å²) in [6, 6.07) is 2.92. The van der Waals surface area contributed by atoms with E-state index in [0.29, 0.717) is 0 Å². The molecule has 0 amide bonds. The van der Waals surface area contributed by atoms with Crippen LogP contribution in [0.3, 0.4) is 0 Å². The highest BCUT2D eigenvalue weighted by molar-refractivity contribution is 7.86. The quantitative estimate of drug-likeness (QED) is 0.321. The van der Waals surface area contributed by atoms with Crippen LogP contribution in [-0.2, 0) is 9.53 Å². The van der Waals surface area contributed by atoms with Crippen molar-refractivity contribution < 1.29 is 9.53 Å². The van der Waals surface area contributed by atoms with E-state index in [-0.39, 0.29) is 20.6 Å². The van der Waals surface area contributed by atoms with Crippen LogP contribution in [0.4, 0.5) is 0 Å². The van der Waals surface area contributed by atoms with Crippen molar-refractivity contribution in [2.45, 2.75) is 9.23 Å². The second kappa shape index (κ2) is 6.49. The summed E-state index contributed by atoms with van der Waals surface area (Å²) in [7, 11) is 0. The van der Waals surface area contributed by atoms with Gasteiger partial charge in [-0.1, -0.05) is 75.7 Å². The van der Waals surface area contributed by atoms with Gasteiger partial charge in [-0.3, -0.25) is 0 Å². The average molecular weight is 389 g/mol. The number of esters is 1.